The molecule has 0 radical (unpaired) electrons. The molecule has 2 aromatic carbocycles. The summed E-state index contributed by atoms with van der Waals surface area (Å²) in [5, 5.41) is 14.7. The number of carbonyl (C=O) groups excluding carboxylic acids is 2. The first-order valence-corrected chi connectivity index (χ1v) is 11.8. The standard InChI is InChI=1S/C22H25N5O3S2/c1-27(2)17-8-4-15(5-9-17)12-23-19(28)13-31-14-20-25-26-22(32-20)21(29)24-16-6-10-18(30-3)11-7-16/h4-11H,12-14H2,1-3H3,(H,23,28)(H,24,29). The van der Waals surface area contributed by atoms with Crippen molar-refractivity contribution in [1.29, 1.82) is 0 Å². The molecule has 0 unspecified atom stereocenters. The van der Waals surface area contributed by atoms with Gasteiger partial charge >= 0.3 is 0 Å². The maximum atomic E-state index is 12.3. The number of hydrogen-bond acceptors (Lipinski definition) is 8. The van der Waals surface area contributed by atoms with Crippen LogP contribution in [0.1, 0.15) is 20.4 Å². The van der Waals surface area contributed by atoms with Crippen molar-refractivity contribution in [3.05, 3.63) is 64.1 Å². The third-order valence-corrected chi connectivity index (χ3v) is 6.46. The molecule has 3 aromatic rings. The van der Waals surface area contributed by atoms with E-state index in [0.29, 0.717) is 34.5 Å². The number of thioether (sulfide) groups is 1. The van der Waals surface area contributed by atoms with E-state index in [2.05, 4.69) is 20.8 Å². The monoisotopic (exact) mass is 471 g/mol. The molecular formula is C22H25N5O3S2. The second-order valence-corrected chi connectivity index (χ2v) is 9.06. The van der Waals surface area contributed by atoms with Gasteiger partial charge in [0, 0.05) is 37.8 Å². The molecular weight excluding hydrogens is 446 g/mol. The van der Waals surface area contributed by atoms with Crippen LogP contribution in [0, 0.1) is 0 Å². The van der Waals surface area contributed by atoms with Crippen molar-refractivity contribution in [2.24, 2.45) is 0 Å². The summed E-state index contributed by atoms with van der Waals surface area (Å²) in [6.07, 6.45) is 0. The highest BCUT2D eigenvalue weighted by atomic mass is 32.2. The molecule has 0 fully saturated rings. The number of anilines is 2. The van der Waals surface area contributed by atoms with Gasteiger partial charge in [0.05, 0.1) is 12.9 Å². The molecule has 0 saturated carbocycles. The smallest absolute Gasteiger partial charge is 0.286 e. The highest BCUT2D eigenvalue weighted by Gasteiger charge is 2.14. The maximum absolute atomic E-state index is 12.3. The number of methoxy groups -OCH3 is 1. The molecule has 10 heteroatoms. The fourth-order valence-electron chi connectivity index (χ4n) is 2.66. The molecule has 2 amide bonds. The van der Waals surface area contributed by atoms with E-state index in [0.717, 1.165) is 11.3 Å². The van der Waals surface area contributed by atoms with Gasteiger partial charge in [0.2, 0.25) is 10.9 Å². The van der Waals surface area contributed by atoms with Gasteiger partial charge in [-0.05, 0) is 42.0 Å². The van der Waals surface area contributed by atoms with E-state index in [4.69, 9.17) is 4.74 Å². The molecule has 0 spiro atoms. The minimum atomic E-state index is -0.318. The van der Waals surface area contributed by atoms with Crippen molar-refractivity contribution in [2.45, 2.75) is 12.3 Å². The Morgan fingerprint density at radius 2 is 1.78 bits per heavy atom. The van der Waals surface area contributed by atoms with E-state index in [9.17, 15) is 9.59 Å². The average Bonchev–Trinajstić information content (AvgIpc) is 3.27. The Balaban J connectivity index is 1.39. The summed E-state index contributed by atoms with van der Waals surface area (Å²) < 4.78 is 5.10. The van der Waals surface area contributed by atoms with E-state index >= 15 is 0 Å². The van der Waals surface area contributed by atoms with Crippen molar-refractivity contribution >= 4 is 46.3 Å². The zero-order valence-corrected chi connectivity index (χ0v) is 19.8. The van der Waals surface area contributed by atoms with E-state index in [1.54, 1.807) is 31.4 Å². The van der Waals surface area contributed by atoms with Gasteiger partial charge < -0.3 is 20.3 Å². The van der Waals surface area contributed by atoms with E-state index < -0.39 is 0 Å². The van der Waals surface area contributed by atoms with Gasteiger partial charge in [0.1, 0.15) is 10.8 Å². The molecule has 8 nitrogen and oxygen atoms in total. The summed E-state index contributed by atoms with van der Waals surface area (Å²) in [4.78, 5) is 26.5. The minimum absolute atomic E-state index is 0.0475. The number of hydrogen-bond donors (Lipinski definition) is 2. The first-order valence-electron chi connectivity index (χ1n) is 9.83. The molecule has 0 aliphatic rings. The number of carbonyl (C=O) groups is 2. The van der Waals surface area contributed by atoms with Crippen LogP contribution in [0.25, 0.3) is 0 Å². The van der Waals surface area contributed by atoms with Crippen molar-refractivity contribution in [2.75, 3.05) is 37.2 Å². The SMILES string of the molecule is COc1ccc(NC(=O)c2nnc(CSCC(=O)NCc3ccc(N(C)C)cc3)s2)cc1. The molecule has 3 rings (SSSR count). The van der Waals surface area contributed by atoms with E-state index in [-0.39, 0.29) is 16.8 Å². The highest BCUT2D eigenvalue weighted by Crippen LogP contribution is 2.19. The van der Waals surface area contributed by atoms with Gasteiger partial charge in [-0.15, -0.1) is 22.0 Å². The Hall–Kier alpha value is -3.11. The average molecular weight is 472 g/mol. The summed E-state index contributed by atoms with van der Waals surface area (Å²) in [5.41, 5.74) is 2.81. The maximum Gasteiger partial charge on any atom is 0.286 e. The third kappa shape index (κ3) is 6.96. The molecule has 0 aliphatic heterocycles. The number of nitrogens with zero attached hydrogens (tertiary/aromatic N) is 3. The van der Waals surface area contributed by atoms with E-state index in [1.165, 1.54) is 23.1 Å². The van der Waals surface area contributed by atoms with Crippen molar-refractivity contribution in [3.8, 4) is 5.75 Å². The first kappa shape index (κ1) is 23.6. The lowest BCUT2D eigenvalue weighted by atomic mass is 10.2. The van der Waals surface area contributed by atoms with Crippen LogP contribution in [0.5, 0.6) is 5.75 Å². The predicted octanol–water partition coefficient (Wildman–Crippen LogP) is 3.41. The quantitative estimate of drug-likeness (QED) is 0.468. The third-order valence-electron chi connectivity index (χ3n) is 4.41. The second-order valence-electron chi connectivity index (χ2n) is 7.01. The van der Waals surface area contributed by atoms with Crippen LogP contribution >= 0.6 is 23.1 Å². The first-order chi connectivity index (χ1) is 15.4. The predicted molar refractivity (Wildman–Crippen MR) is 130 cm³/mol. The number of nitrogens with one attached hydrogen (secondary N) is 2. The van der Waals surface area contributed by atoms with Gasteiger partial charge in [-0.1, -0.05) is 23.5 Å². The Kier molecular flexibility index (Phi) is 8.46. The fraction of sp³-hybridized carbons (Fsp3) is 0.273. The van der Waals surface area contributed by atoms with Crippen LogP contribution in [0.2, 0.25) is 0 Å². The number of aromatic nitrogens is 2. The van der Waals surface area contributed by atoms with Gasteiger partial charge in [-0.3, -0.25) is 9.59 Å². The summed E-state index contributed by atoms with van der Waals surface area (Å²) in [5.74, 6) is 1.17. The van der Waals surface area contributed by atoms with Crippen LogP contribution in [0.15, 0.2) is 48.5 Å². The van der Waals surface area contributed by atoms with Crippen molar-refractivity contribution in [1.82, 2.24) is 15.5 Å². The molecule has 0 saturated heterocycles. The lowest BCUT2D eigenvalue weighted by Crippen LogP contribution is -2.24. The van der Waals surface area contributed by atoms with E-state index in [1.807, 2.05) is 43.3 Å². The summed E-state index contributed by atoms with van der Waals surface area (Å²) >= 11 is 2.65. The summed E-state index contributed by atoms with van der Waals surface area (Å²) in [6.45, 7) is 0.488. The molecule has 168 valence electrons. The number of ether oxygens (including phenoxy) is 1. The fourth-order valence-corrected chi connectivity index (χ4v) is 4.30. The molecule has 0 bridgehead atoms. The zero-order chi connectivity index (χ0) is 22.9. The van der Waals surface area contributed by atoms with Crippen LogP contribution in [-0.4, -0.2) is 49.0 Å². The summed E-state index contributed by atoms with van der Waals surface area (Å²) in [6, 6.07) is 15.1. The van der Waals surface area contributed by atoms with Crippen LogP contribution in [0.4, 0.5) is 11.4 Å². The van der Waals surface area contributed by atoms with Gasteiger partial charge in [0.15, 0.2) is 0 Å². The van der Waals surface area contributed by atoms with Crippen molar-refractivity contribution in [3.63, 3.8) is 0 Å². The van der Waals surface area contributed by atoms with Crippen LogP contribution in [0.3, 0.4) is 0 Å². The normalized spacial score (nSPS) is 10.5. The molecule has 1 heterocycles. The largest absolute Gasteiger partial charge is 0.497 e. The zero-order valence-electron chi connectivity index (χ0n) is 18.1. The molecule has 0 aliphatic carbocycles. The van der Waals surface area contributed by atoms with Gasteiger partial charge in [0.25, 0.3) is 5.91 Å². The Morgan fingerprint density at radius 1 is 1.06 bits per heavy atom. The Morgan fingerprint density at radius 3 is 2.44 bits per heavy atom. The van der Waals surface area contributed by atoms with Crippen molar-refractivity contribution < 1.29 is 14.3 Å². The Bertz CT molecular complexity index is 1040. The Labute approximate surface area is 195 Å². The number of benzene rings is 2. The molecule has 1 aromatic heterocycles. The van der Waals surface area contributed by atoms with Crippen LogP contribution in [-0.2, 0) is 17.1 Å². The summed E-state index contributed by atoms with van der Waals surface area (Å²) in [7, 11) is 5.56. The minimum Gasteiger partial charge on any atom is -0.497 e. The van der Waals surface area contributed by atoms with Gasteiger partial charge in [-0.2, -0.15) is 0 Å². The molecule has 2 N–H and O–H groups in total. The van der Waals surface area contributed by atoms with Gasteiger partial charge in [-0.25, -0.2) is 0 Å². The highest BCUT2D eigenvalue weighted by molar-refractivity contribution is 7.99. The number of rotatable bonds is 10. The number of amides is 2. The molecule has 32 heavy (non-hydrogen) atoms. The second kappa shape index (κ2) is 11.5. The lowest BCUT2D eigenvalue weighted by molar-refractivity contribution is -0.118. The van der Waals surface area contributed by atoms with Crippen LogP contribution < -0.4 is 20.3 Å². The topological polar surface area (TPSA) is 96.5 Å². The molecule has 0 atom stereocenters. The lowest BCUT2D eigenvalue weighted by Gasteiger charge is -2.12.